The molecule has 1 saturated heterocycles. The summed E-state index contributed by atoms with van der Waals surface area (Å²) in [4.78, 5) is 20.3. The van der Waals surface area contributed by atoms with Gasteiger partial charge in [0.1, 0.15) is 0 Å². The predicted octanol–water partition coefficient (Wildman–Crippen LogP) is 4.68. The molecule has 170 valence electrons. The zero-order valence-corrected chi connectivity index (χ0v) is 19.5. The molecule has 2 aliphatic heterocycles. The molecule has 0 aromatic heterocycles. The highest BCUT2D eigenvalue weighted by Crippen LogP contribution is 2.36. The van der Waals surface area contributed by atoms with Crippen LogP contribution < -0.4 is 4.90 Å². The number of para-hydroxylation sites is 1. The summed E-state index contributed by atoms with van der Waals surface area (Å²) >= 11 is 0. The maximum atomic E-state index is 13.2. The number of piperazine rings is 1. The van der Waals surface area contributed by atoms with Crippen LogP contribution in [0.2, 0.25) is 0 Å². The summed E-state index contributed by atoms with van der Waals surface area (Å²) in [7, 11) is 0. The monoisotopic (exact) mass is 439 g/mol. The van der Waals surface area contributed by atoms with E-state index in [0.29, 0.717) is 6.42 Å². The van der Waals surface area contributed by atoms with E-state index in [1.165, 1.54) is 27.9 Å². The molecular weight excluding hydrogens is 406 g/mol. The average Bonchev–Trinajstić information content (AvgIpc) is 2.85. The predicted molar refractivity (Wildman–Crippen MR) is 135 cm³/mol. The third kappa shape index (κ3) is 4.81. The maximum absolute atomic E-state index is 13.2. The van der Waals surface area contributed by atoms with Gasteiger partial charge < -0.3 is 9.80 Å². The highest BCUT2D eigenvalue weighted by molar-refractivity contribution is 5.82. The molecule has 3 aromatic rings. The average molecular weight is 440 g/mol. The van der Waals surface area contributed by atoms with Crippen molar-refractivity contribution in [3.8, 4) is 0 Å². The van der Waals surface area contributed by atoms with Crippen LogP contribution in [-0.4, -0.2) is 55.0 Å². The Kier molecular flexibility index (Phi) is 6.45. The molecule has 5 rings (SSSR count). The molecule has 2 heterocycles. The highest BCUT2D eigenvalue weighted by atomic mass is 16.2. The van der Waals surface area contributed by atoms with Crippen LogP contribution in [0.3, 0.4) is 0 Å². The molecule has 0 radical (unpaired) electrons. The maximum Gasteiger partial charge on any atom is 0.227 e. The topological polar surface area (TPSA) is 26.8 Å². The fourth-order valence-corrected chi connectivity index (χ4v) is 5.32. The van der Waals surface area contributed by atoms with Crippen molar-refractivity contribution in [1.29, 1.82) is 0 Å². The third-order valence-corrected chi connectivity index (χ3v) is 7.05. The van der Waals surface area contributed by atoms with Gasteiger partial charge in [-0.15, -0.1) is 0 Å². The van der Waals surface area contributed by atoms with E-state index in [1.54, 1.807) is 0 Å². The Labute approximate surface area is 197 Å². The molecule has 1 unspecified atom stereocenters. The molecule has 3 aromatic carbocycles. The molecule has 1 atom stereocenters. The van der Waals surface area contributed by atoms with E-state index < -0.39 is 0 Å². The number of fused-ring (bicyclic) bond motifs is 1. The summed E-state index contributed by atoms with van der Waals surface area (Å²) in [6.45, 7) is 8.23. The van der Waals surface area contributed by atoms with Crippen molar-refractivity contribution in [2.24, 2.45) is 0 Å². The number of benzene rings is 3. The van der Waals surface area contributed by atoms with Crippen LogP contribution in [0.4, 0.5) is 5.69 Å². The minimum atomic E-state index is 0.0114. The SMILES string of the molecule is Cc1cccc(C2c3ccccc3CC(=O)N2CCCN2CCN(c3ccccc3)CC2)c1. The van der Waals surface area contributed by atoms with Gasteiger partial charge in [0.2, 0.25) is 5.91 Å². The first-order chi connectivity index (χ1) is 16.2. The Morgan fingerprint density at radius 3 is 2.36 bits per heavy atom. The lowest BCUT2D eigenvalue weighted by Crippen LogP contribution is -2.47. The Balaban J connectivity index is 1.24. The van der Waals surface area contributed by atoms with Crippen LogP contribution in [-0.2, 0) is 11.2 Å². The van der Waals surface area contributed by atoms with Gasteiger partial charge in [-0.25, -0.2) is 0 Å². The Morgan fingerprint density at radius 2 is 1.58 bits per heavy atom. The normalized spacial score (nSPS) is 18.9. The van der Waals surface area contributed by atoms with Crippen LogP contribution in [0.5, 0.6) is 0 Å². The van der Waals surface area contributed by atoms with Crippen molar-refractivity contribution in [2.45, 2.75) is 25.8 Å². The standard InChI is InChI=1S/C29H33N3O/c1-23-9-7-11-25(21-23)29-27-14-6-5-10-24(27)22-28(33)32(29)16-8-15-30-17-19-31(20-18-30)26-12-3-2-4-13-26/h2-7,9-14,21,29H,8,15-20,22H2,1H3. The van der Waals surface area contributed by atoms with Crippen molar-refractivity contribution in [3.63, 3.8) is 0 Å². The van der Waals surface area contributed by atoms with E-state index in [1.807, 2.05) is 6.07 Å². The number of hydrogen-bond donors (Lipinski definition) is 0. The van der Waals surface area contributed by atoms with E-state index in [0.717, 1.165) is 45.7 Å². The van der Waals surface area contributed by atoms with Gasteiger partial charge >= 0.3 is 0 Å². The Bertz CT molecular complexity index is 1090. The lowest BCUT2D eigenvalue weighted by atomic mass is 9.87. The second kappa shape index (κ2) is 9.80. The summed E-state index contributed by atoms with van der Waals surface area (Å²) in [6, 6.07) is 27.8. The van der Waals surface area contributed by atoms with Gasteiger partial charge in [0.05, 0.1) is 12.5 Å². The number of amides is 1. The molecule has 0 spiro atoms. The summed E-state index contributed by atoms with van der Waals surface area (Å²) in [5, 5.41) is 0. The molecular formula is C29H33N3O. The lowest BCUT2D eigenvalue weighted by molar-refractivity contribution is -0.133. The zero-order chi connectivity index (χ0) is 22.6. The molecule has 1 fully saturated rings. The van der Waals surface area contributed by atoms with E-state index in [9.17, 15) is 4.79 Å². The van der Waals surface area contributed by atoms with Crippen LogP contribution >= 0.6 is 0 Å². The number of rotatable bonds is 6. The van der Waals surface area contributed by atoms with Gasteiger partial charge in [-0.05, 0) is 48.7 Å². The third-order valence-electron chi connectivity index (χ3n) is 7.05. The van der Waals surface area contributed by atoms with E-state index in [4.69, 9.17) is 0 Å². The first-order valence-corrected chi connectivity index (χ1v) is 12.2. The summed E-state index contributed by atoms with van der Waals surface area (Å²) < 4.78 is 0. The number of anilines is 1. The van der Waals surface area contributed by atoms with Gasteiger partial charge in [0.25, 0.3) is 0 Å². The molecule has 0 bridgehead atoms. The zero-order valence-electron chi connectivity index (χ0n) is 19.5. The second-order valence-electron chi connectivity index (χ2n) is 9.30. The number of carbonyl (C=O) groups excluding carboxylic acids is 1. The number of hydrogen-bond acceptors (Lipinski definition) is 3. The molecule has 4 nitrogen and oxygen atoms in total. The van der Waals surface area contributed by atoms with Gasteiger partial charge in [-0.1, -0.05) is 72.3 Å². The molecule has 0 saturated carbocycles. The fraction of sp³-hybridized carbons (Fsp3) is 0.345. The second-order valence-corrected chi connectivity index (χ2v) is 9.30. The minimum absolute atomic E-state index is 0.0114. The van der Waals surface area contributed by atoms with Crippen LogP contribution in [0, 0.1) is 6.92 Å². The summed E-state index contributed by atoms with van der Waals surface area (Å²) in [5.41, 5.74) is 6.21. The first-order valence-electron chi connectivity index (χ1n) is 12.2. The first kappa shape index (κ1) is 21.7. The smallest absolute Gasteiger partial charge is 0.227 e. The van der Waals surface area contributed by atoms with Crippen LogP contribution in [0.25, 0.3) is 0 Å². The van der Waals surface area contributed by atoms with Crippen molar-refractivity contribution in [1.82, 2.24) is 9.80 Å². The van der Waals surface area contributed by atoms with Crippen molar-refractivity contribution in [2.75, 3.05) is 44.2 Å². The lowest BCUT2D eigenvalue weighted by Gasteiger charge is -2.39. The highest BCUT2D eigenvalue weighted by Gasteiger charge is 2.33. The summed E-state index contributed by atoms with van der Waals surface area (Å²) in [5.74, 6) is 0.245. The Morgan fingerprint density at radius 1 is 0.818 bits per heavy atom. The molecule has 1 amide bonds. The Hall–Kier alpha value is -3.11. The van der Waals surface area contributed by atoms with Gasteiger partial charge in [0, 0.05) is 38.4 Å². The van der Waals surface area contributed by atoms with Gasteiger partial charge in [0.15, 0.2) is 0 Å². The molecule has 0 aliphatic carbocycles. The van der Waals surface area contributed by atoms with E-state index in [2.05, 4.69) is 94.4 Å². The molecule has 4 heteroatoms. The van der Waals surface area contributed by atoms with Crippen molar-refractivity contribution in [3.05, 3.63) is 101 Å². The van der Waals surface area contributed by atoms with Gasteiger partial charge in [-0.2, -0.15) is 0 Å². The number of carbonyl (C=O) groups is 1. The molecule has 2 aliphatic rings. The van der Waals surface area contributed by atoms with Crippen molar-refractivity contribution >= 4 is 11.6 Å². The van der Waals surface area contributed by atoms with E-state index in [-0.39, 0.29) is 11.9 Å². The van der Waals surface area contributed by atoms with Crippen LogP contribution in [0.15, 0.2) is 78.9 Å². The van der Waals surface area contributed by atoms with Gasteiger partial charge in [-0.3, -0.25) is 9.69 Å². The summed E-state index contributed by atoms with van der Waals surface area (Å²) in [6.07, 6.45) is 1.51. The van der Waals surface area contributed by atoms with Crippen molar-refractivity contribution < 1.29 is 4.79 Å². The minimum Gasteiger partial charge on any atom is -0.369 e. The fourth-order valence-electron chi connectivity index (χ4n) is 5.32. The largest absolute Gasteiger partial charge is 0.369 e. The van der Waals surface area contributed by atoms with Crippen LogP contribution in [0.1, 0.15) is 34.7 Å². The van der Waals surface area contributed by atoms with E-state index >= 15 is 0 Å². The molecule has 33 heavy (non-hydrogen) atoms. The molecule has 0 N–H and O–H groups in total. The number of nitrogens with zero attached hydrogens (tertiary/aromatic N) is 3. The quantitative estimate of drug-likeness (QED) is 0.558. The number of aryl methyl sites for hydroxylation is 1.